The molecule has 4 rings (SSSR count). The Kier molecular flexibility index (Phi) is 6.45. The van der Waals surface area contributed by atoms with E-state index in [-0.39, 0.29) is 0 Å². The van der Waals surface area contributed by atoms with Crippen LogP contribution in [-0.2, 0) is 13.0 Å². The minimum Gasteiger partial charge on any atom is -0.351 e. The molecule has 0 radical (unpaired) electrons. The number of aryl methyl sites for hydroxylation is 1. The molecular formula is C23H23Br2N3. The molecule has 0 aliphatic heterocycles. The van der Waals surface area contributed by atoms with Crippen molar-refractivity contribution in [1.82, 2.24) is 10.3 Å². The maximum Gasteiger partial charge on any atom is 0.128 e. The zero-order valence-electron chi connectivity index (χ0n) is 15.6. The Morgan fingerprint density at radius 3 is 2.57 bits per heavy atom. The Hall–Kier alpha value is -1.69. The van der Waals surface area contributed by atoms with Crippen molar-refractivity contribution < 1.29 is 0 Å². The zero-order chi connectivity index (χ0) is 19.3. The number of halogens is 2. The van der Waals surface area contributed by atoms with Gasteiger partial charge in [0, 0.05) is 40.8 Å². The minimum atomic E-state index is 0.418. The molecule has 3 aromatic rings. The number of hydrogen-bond donors (Lipinski definition) is 1. The fourth-order valence-electron chi connectivity index (χ4n) is 3.80. The summed E-state index contributed by atoms with van der Waals surface area (Å²) in [5, 5.41) is 3.76. The van der Waals surface area contributed by atoms with Crippen molar-refractivity contribution in [3.05, 3.63) is 92.5 Å². The Bertz CT molecular complexity index is 916. The number of nitrogens with one attached hydrogen (secondary N) is 1. The maximum absolute atomic E-state index is 4.57. The van der Waals surface area contributed by atoms with Gasteiger partial charge in [-0.3, -0.25) is 0 Å². The summed E-state index contributed by atoms with van der Waals surface area (Å²) < 4.78 is 2.26. The number of anilines is 1. The zero-order valence-corrected chi connectivity index (χ0v) is 18.8. The minimum absolute atomic E-state index is 0.418. The lowest BCUT2D eigenvalue weighted by atomic mass is 10.1. The largest absolute Gasteiger partial charge is 0.351 e. The van der Waals surface area contributed by atoms with E-state index in [0.717, 1.165) is 47.2 Å². The number of hydrogen-bond acceptors (Lipinski definition) is 3. The van der Waals surface area contributed by atoms with Crippen molar-refractivity contribution in [2.45, 2.75) is 25.4 Å². The van der Waals surface area contributed by atoms with Gasteiger partial charge >= 0.3 is 0 Å². The molecule has 28 heavy (non-hydrogen) atoms. The summed E-state index contributed by atoms with van der Waals surface area (Å²) in [6, 6.07) is 21.6. The van der Waals surface area contributed by atoms with Crippen LogP contribution >= 0.6 is 31.9 Å². The van der Waals surface area contributed by atoms with Gasteiger partial charge in [0.25, 0.3) is 0 Å². The van der Waals surface area contributed by atoms with E-state index in [9.17, 15) is 0 Å². The molecule has 0 bridgehead atoms. The molecule has 0 saturated heterocycles. The maximum atomic E-state index is 4.57. The van der Waals surface area contributed by atoms with Crippen LogP contribution in [0.15, 0.2) is 75.8 Å². The predicted molar refractivity (Wildman–Crippen MR) is 123 cm³/mol. The fraction of sp³-hybridized carbons (Fsp3) is 0.261. The molecule has 1 aliphatic rings. The Morgan fingerprint density at radius 2 is 1.79 bits per heavy atom. The highest BCUT2D eigenvalue weighted by Crippen LogP contribution is 2.36. The van der Waals surface area contributed by atoms with Crippen LogP contribution in [0.4, 0.5) is 5.82 Å². The van der Waals surface area contributed by atoms with Crippen LogP contribution in [0.2, 0.25) is 0 Å². The smallest absolute Gasteiger partial charge is 0.128 e. The van der Waals surface area contributed by atoms with Gasteiger partial charge in [-0.15, -0.1) is 0 Å². The van der Waals surface area contributed by atoms with E-state index >= 15 is 0 Å². The van der Waals surface area contributed by atoms with Gasteiger partial charge in [0.2, 0.25) is 0 Å². The molecule has 144 valence electrons. The molecule has 5 heteroatoms. The molecular weight excluding hydrogens is 478 g/mol. The Morgan fingerprint density at radius 1 is 1.00 bits per heavy atom. The van der Waals surface area contributed by atoms with Gasteiger partial charge in [-0.25, -0.2) is 4.98 Å². The number of rotatable bonds is 7. The molecule has 0 spiro atoms. The molecule has 1 aromatic heterocycles. The van der Waals surface area contributed by atoms with Gasteiger partial charge in [-0.05, 0) is 85.7 Å². The summed E-state index contributed by atoms with van der Waals surface area (Å²) in [7, 11) is 0. The first-order valence-electron chi connectivity index (χ1n) is 9.62. The van der Waals surface area contributed by atoms with Crippen LogP contribution in [0.25, 0.3) is 0 Å². The second-order valence-corrected chi connectivity index (χ2v) is 8.81. The third-order valence-corrected chi connectivity index (χ3v) is 7.07. The number of aromatic nitrogens is 1. The van der Waals surface area contributed by atoms with Crippen LogP contribution in [0.1, 0.15) is 29.2 Å². The molecule has 0 amide bonds. The van der Waals surface area contributed by atoms with Gasteiger partial charge in [-0.2, -0.15) is 0 Å². The van der Waals surface area contributed by atoms with Crippen LogP contribution < -0.4 is 10.2 Å². The summed E-state index contributed by atoms with van der Waals surface area (Å²) in [5.41, 5.74) is 4.16. The van der Waals surface area contributed by atoms with Crippen LogP contribution in [0.3, 0.4) is 0 Å². The van der Waals surface area contributed by atoms with Crippen LogP contribution in [0.5, 0.6) is 0 Å². The SMILES string of the molecule is Brc1cc2c(cc1Br)C(NCCN(Cc1ccccc1)c1ccccn1)CC2. The molecule has 1 aliphatic carbocycles. The van der Waals surface area contributed by atoms with Gasteiger partial charge in [-0.1, -0.05) is 36.4 Å². The Labute approximate surface area is 183 Å². The standard InChI is InChI=1S/C23H23Br2N3/c24-20-14-18-9-10-22(19(18)15-21(20)25)26-12-13-28(23-8-4-5-11-27-23)16-17-6-2-1-3-7-17/h1-8,11,14-15,22,26H,9-10,12-13,16H2. The van der Waals surface area contributed by atoms with Gasteiger partial charge in [0.05, 0.1) is 0 Å². The monoisotopic (exact) mass is 499 g/mol. The molecule has 1 heterocycles. The van der Waals surface area contributed by atoms with Crippen molar-refractivity contribution in [3.8, 4) is 0 Å². The first-order chi connectivity index (χ1) is 13.7. The number of benzene rings is 2. The highest BCUT2D eigenvalue weighted by atomic mass is 79.9. The number of pyridine rings is 1. The lowest BCUT2D eigenvalue weighted by Gasteiger charge is -2.25. The van der Waals surface area contributed by atoms with E-state index in [0.29, 0.717) is 6.04 Å². The molecule has 0 fully saturated rings. The first kappa shape index (κ1) is 19.6. The van der Waals surface area contributed by atoms with E-state index in [1.54, 1.807) is 0 Å². The van der Waals surface area contributed by atoms with E-state index in [4.69, 9.17) is 0 Å². The second-order valence-electron chi connectivity index (χ2n) is 7.11. The lowest BCUT2D eigenvalue weighted by Crippen LogP contribution is -2.33. The van der Waals surface area contributed by atoms with Crippen molar-refractivity contribution in [1.29, 1.82) is 0 Å². The van der Waals surface area contributed by atoms with E-state index < -0.39 is 0 Å². The number of nitrogens with zero attached hydrogens (tertiary/aromatic N) is 2. The summed E-state index contributed by atoms with van der Waals surface area (Å²) in [5.74, 6) is 1.02. The van der Waals surface area contributed by atoms with Crippen molar-refractivity contribution in [2.24, 2.45) is 0 Å². The second kappa shape index (κ2) is 9.21. The lowest BCUT2D eigenvalue weighted by molar-refractivity contribution is 0.528. The van der Waals surface area contributed by atoms with Gasteiger partial charge in [0.15, 0.2) is 0 Å². The predicted octanol–water partition coefficient (Wildman–Crippen LogP) is 5.89. The van der Waals surface area contributed by atoms with Crippen LogP contribution in [0, 0.1) is 0 Å². The van der Waals surface area contributed by atoms with Gasteiger partial charge < -0.3 is 10.2 Å². The molecule has 0 saturated carbocycles. The Balaban J connectivity index is 1.42. The summed E-state index contributed by atoms with van der Waals surface area (Å²) in [6.07, 6.45) is 4.15. The van der Waals surface area contributed by atoms with E-state index in [2.05, 4.69) is 102 Å². The quantitative estimate of drug-likeness (QED) is 0.438. The van der Waals surface area contributed by atoms with Gasteiger partial charge in [0.1, 0.15) is 5.82 Å². The molecule has 1 N–H and O–H groups in total. The molecule has 3 nitrogen and oxygen atoms in total. The molecule has 1 atom stereocenters. The average Bonchev–Trinajstić information content (AvgIpc) is 3.10. The summed E-state index contributed by atoms with van der Waals surface area (Å²) in [6.45, 7) is 2.69. The third-order valence-electron chi connectivity index (χ3n) is 5.22. The highest BCUT2D eigenvalue weighted by molar-refractivity contribution is 9.13. The highest BCUT2D eigenvalue weighted by Gasteiger charge is 2.23. The van der Waals surface area contributed by atoms with Crippen molar-refractivity contribution >= 4 is 37.7 Å². The third kappa shape index (κ3) is 4.65. The normalized spacial score (nSPS) is 15.4. The average molecular weight is 501 g/mol. The summed E-state index contributed by atoms with van der Waals surface area (Å²) in [4.78, 5) is 6.91. The molecule has 1 unspecified atom stereocenters. The van der Waals surface area contributed by atoms with Crippen molar-refractivity contribution in [2.75, 3.05) is 18.0 Å². The van der Waals surface area contributed by atoms with E-state index in [1.165, 1.54) is 16.7 Å². The topological polar surface area (TPSA) is 28.2 Å². The van der Waals surface area contributed by atoms with Crippen LogP contribution in [-0.4, -0.2) is 18.1 Å². The van der Waals surface area contributed by atoms with Crippen molar-refractivity contribution in [3.63, 3.8) is 0 Å². The fourth-order valence-corrected chi connectivity index (χ4v) is 4.56. The first-order valence-corrected chi connectivity index (χ1v) is 11.2. The number of fused-ring (bicyclic) bond motifs is 1. The molecule has 2 aromatic carbocycles. The summed E-state index contributed by atoms with van der Waals surface area (Å²) >= 11 is 7.26. The van der Waals surface area contributed by atoms with E-state index in [1.807, 2.05) is 12.3 Å².